The lowest BCUT2D eigenvalue weighted by molar-refractivity contribution is -0.0508. The van der Waals surface area contributed by atoms with Crippen LogP contribution in [-0.2, 0) is 6.54 Å². The lowest BCUT2D eigenvalue weighted by Gasteiger charge is -2.49. The zero-order valence-corrected chi connectivity index (χ0v) is 18.5. The summed E-state index contributed by atoms with van der Waals surface area (Å²) in [6, 6.07) is 24.0. The molecule has 162 valence electrons. The Bertz CT molecular complexity index is 1200. The van der Waals surface area contributed by atoms with Crippen LogP contribution in [0, 0.1) is 5.92 Å². The zero-order chi connectivity index (χ0) is 21.5. The van der Waals surface area contributed by atoms with Gasteiger partial charge < -0.3 is 9.30 Å². The van der Waals surface area contributed by atoms with Gasteiger partial charge in [0.05, 0.1) is 11.9 Å². The average molecular weight is 424 g/mol. The molecule has 3 aliphatic heterocycles. The zero-order valence-electron chi connectivity index (χ0n) is 18.5. The summed E-state index contributed by atoms with van der Waals surface area (Å²) in [6.45, 7) is 5.62. The fourth-order valence-corrected chi connectivity index (χ4v) is 5.51. The highest BCUT2D eigenvalue weighted by molar-refractivity contribution is 5.85. The van der Waals surface area contributed by atoms with E-state index in [4.69, 9.17) is 9.72 Å². The molecule has 2 atom stereocenters. The second-order valence-corrected chi connectivity index (χ2v) is 9.28. The van der Waals surface area contributed by atoms with Crippen LogP contribution in [-0.4, -0.2) is 39.7 Å². The minimum Gasteiger partial charge on any atom is -0.487 e. The molecule has 3 saturated heterocycles. The van der Waals surface area contributed by atoms with Crippen LogP contribution in [0.15, 0.2) is 79.1 Å². The molecule has 3 fully saturated rings. The summed E-state index contributed by atoms with van der Waals surface area (Å²) < 4.78 is 8.71. The molecule has 0 spiro atoms. The molecule has 3 aliphatic rings. The van der Waals surface area contributed by atoms with E-state index in [0.29, 0.717) is 12.0 Å². The molecule has 2 unspecified atom stereocenters. The van der Waals surface area contributed by atoms with Crippen LogP contribution in [0.25, 0.3) is 22.2 Å². The van der Waals surface area contributed by atoms with Gasteiger partial charge in [-0.05, 0) is 74.7 Å². The Labute approximate surface area is 189 Å². The van der Waals surface area contributed by atoms with Gasteiger partial charge in [0.25, 0.3) is 0 Å². The maximum absolute atomic E-state index is 6.42. The van der Waals surface area contributed by atoms with Gasteiger partial charge in [-0.2, -0.15) is 0 Å². The first-order chi connectivity index (χ1) is 15.7. The topological polar surface area (TPSA) is 30.3 Å². The number of piperidine rings is 3. The minimum absolute atomic E-state index is 0.283. The quantitative estimate of drug-likeness (QED) is 0.418. The van der Waals surface area contributed by atoms with E-state index >= 15 is 0 Å². The summed E-state index contributed by atoms with van der Waals surface area (Å²) in [5, 5.41) is 1.24. The molecule has 2 aromatic carbocycles. The van der Waals surface area contributed by atoms with Crippen molar-refractivity contribution in [3.8, 4) is 17.0 Å². The number of hydrogen-bond donors (Lipinski definition) is 0. The molecule has 2 aromatic heterocycles. The van der Waals surface area contributed by atoms with E-state index in [0.717, 1.165) is 23.6 Å². The van der Waals surface area contributed by atoms with Gasteiger partial charge in [0.1, 0.15) is 11.9 Å². The fourth-order valence-electron chi connectivity index (χ4n) is 5.51. The van der Waals surface area contributed by atoms with Crippen LogP contribution >= 0.6 is 0 Å². The summed E-state index contributed by atoms with van der Waals surface area (Å²) in [5.74, 6) is 1.56. The molecule has 0 saturated carbocycles. The Kier molecular flexibility index (Phi) is 4.95. The van der Waals surface area contributed by atoms with Crippen LogP contribution < -0.4 is 4.74 Å². The maximum atomic E-state index is 6.42. The minimum atomic E-state index is 0.283. The van der Waals surface area contributed by atoms with Crippen molar-refractivity contribution in [3.63, 3.8) is 0 Å². The Morgan fingerprint density at radius 2 is 1.81 bits per heavy atom. The molecule has 7 rings (SSSR count). The first kappa shape index (κ1) is 19.6. The number of aromatic nitrogens is 2. The molecule has 5 heterocycles. The van der Waals surface area contributed by atoms with E-state index in [1.807, 2.05) is 6.20 Å². The second kappa shape index (κ2) is 8.10. The van der Waals surface area contributed by atoms with Crippen LogP contribution in [0.5, 0.6) is 5.75 Å². The summed E-state index contributed by atoms with van der Waals surface area (Å²) >= 11 is 0. The maximum Gasteiger partial charge on any atom is 0.138 e. The lowest BCUT2D eigenvalue weighted by atomic mass is 9.81. The highest BCUT2D eigenvalue weighted by Crippen LogP contribution is 2.35. The van der Waals surface area contributed by atoms with Crippen molar-refractivity contribution < 1.29 is 4.74 Å². The monoisotopic (exact) mass is 423 g/mol. The van der Waals surface area contributed by atoms with Crippen LogP contribution in [0.1, 0.15) is 25.3 Å². The van der Waals surface area contributed by atoms with E-state index in [1.54, 1.807) is 0 Å². The van der Waals surface area contributed by atoms with Crippen LogP contribution in [0.3, 0.4) is 0 Å². The van der Waals surface area contributed by atoms with Gasteiger partial charge in [-0.15, -0.1) is 0 Å². The normalized spacial score (nSPS) is 24.7. The summed E-state index contributed by atoms with van der Waals surface area (Å²) in [4.78, 5) is 7.30. The number of nitrogens with zero attached hydrogens (tertiary/aromatic N) is 3. The number of hydrogen-bond acceptors (Lipinski definition) is 3. The molecule has 4 heteroatoms. The van der Waals surface area contributed by atoms with Crippen molar-refractivity contribution in [2.75, 3.05) is 13.1 Å². The largest absolute Gasteiger partial charge is 0.487 e. The highest BCUT2D eigenvalue weighted by atomic mass is 16.5. The third-order valence-corrected chi connectivity index (χ3v) is 7.36. The van der Waals surface area contributed by atoms with E-state index < -0.39 is 0 Å². The molecule has 0 N–H and O–H groups in total. The lowest BCUT2D eigenvalue weighted by Crippen LogP contribution is -2.58. The van der Waals surface area contributed by atoms with Crippen molar-refractivity contribution in [1.29, 1.82) is 0 Å². The van der Waals surface area contributed by atoms with E-state index in [9.17, 15) is 0 Å². The molecule has 0 radical (unpaired) electrons. The standard InChI is InChI=1S/C28H29N3O/c1-20-28(22-11-14-30(20)15-12-22)32-25-8-9-26(29-18-25)23-7-10-27-24(17-23)13-16-31(27)19-21-5-3-2-4-6-21/h2-10,13,16-18,20,22,28H,11-12,14-15,19H2,1H3. The predicted octanol–water partition coefficient (Wildman–Crippen LogP) is 5.61. The van der Waals surface area contributed by atoms with Gasteiger partial charge in [-0.1, -0.05) is 36.4 Å². The Morgan fingerprint density at radius 3 is 2.56 bits per heavy atom. The molecular formula is C28H29N3O. The molecule has 4 aromatic rings. The van der Waals surface area contributed by atoms with Crippen molar-refractivity contribution in [3.05, 3.63) is 84.7 Å². The molecule has 2 bridgehead atoms. The van der Waals surface area contributed by atoms with E-state index in [2.05, 4.69) is 89.3 Å². The van der Waals surface area contributed by atoms with Crippen molar-refractivity contribution in [2.45, 2.75) is 38.5 Å². The van der Waals surface area contributed by atoms with Gasteiger partial charge >= 0.3 is 0 Å². The summed E-state index contributed by atoms with van der Waals surface area (Å²) in [6.07, 6.45) is 6.85. The molecular weight excluding hydrogens is 394 g/mol. The first-order valence-electron chi connectivity index (χ1n) is 11.7. The third kappa shape index (κ3) is 3.59. The van der Waals surface area contributed by atoms with Gasteiger partial charge in [-0.3, -0.25) is 9.88 Å². The number of rotatable bonds is 5. The van der Waals surface area contributed by atoms with E-state index in [-0.39, 0.29) is 6.10 Å². The van der Waals surface area contributed by atoms with Crippen LogP contribution in [0.2, 0.25) is 0 Å². The number of pyridine rings is 1. The van der Waals surface area contributed by atoms with Gasteiger partial charge in [0, 0.05) is 35.2 Å². The molecule has 4 nitrogen and oxygen atoms in total. The Morgan fingerprint density at radius 1 is 0.969 bits per heavy atom. The van der Waals surface area contributed by atoms with Crippen molar-refractivity contribution in [1.82, 2.24) is 14.5 Å². The first-order valence-corrected chi connectivity index (χ1v) is 11.7. The average Bonchev–Trinajstić information content (AvgIpc) is 3.24. The molecule has 32 heavy (non-hydrogen) atoms. The Hall–Kier alpha value is -3.11. The smallest absolute Gasteiger partial charge is 0.138 e. The third-order valence-electron chi connectivity index (χ3n) is 7.36. The van der Waals surface area contributed by atoms with Crippen LogP contribution in [0.4, 0.5) is 0 Å². The summed E-state index contributed by atoms with van der Waals surface area (Å²) in [5.41, 5.74) is 4.67. The highest BCUT2D eigenvalue weighted by Gasteiger charge is 2.41. The van der Waals surface area contributed by atoms with Gasteiger partial charge in [0.15, 0.2) is 0 Å². The second-order valence-electron chi connectivity index (χ2n) is 9.28. The molecule has 0 amide bonds. The predicted molar refractivity (Wildman–Crippen MR) is 129 cm³/mol. The number of benzene rings is 2. The number of fused-ring (bicyclic) bond motifs is 4. The Balaban J connectivity index is 1.20. The SMILES string of the molecule is CC1C(Oc2ccc(-c3ccc4c(ccn4Cc4ccccc4)c3)nc2)C2CCN1CC2. The number of ether oxygens (including phenoxy) is 1. The summed E-state index contributed by atoms with van der Waals surface area (Å²) in [7, 11) is 0. The van der Waals surface area contributed by atoms with Gasteiger partial charge in [-0.25, -0.2) is 0 Å². The van der Waals surface area contributed by atoms with E-state index in [1.165, 1.54) is 42.4 Å². The fraction of sp³-hybridized carbons (Fsp3) is 0.321. The van der Waals surface area contributed by atoms with Crippen molar-refractivity contribution in [2.24, 2.45) is 5.92 Å². The van der Waals surface area contributed by atoms with Gasteiger partial charge in [0.2, 0.25) is 0 Å². The molecule has 0 aliphatic carbocycles. The van der Waals surface area contributed by atoms with Crippen molar-refractivity contribution >= 4 is 10.9 Å².